The lowest BCUT2D eigenvalue weighted by Crippen LogP contribution is -2.37. The highest BCUT2D eigenvalue weighted by Gasteiger charge is 2.27. The van der Waals surface area contributed by atoms with E-state index in [9.17, 15) is 13.6 Å². The summed E-state index contributed by atoms with van der Waals surface area (Å²) >= 11 is 0. The van der Waals surface area contributed by atoms with Gasteiger partial charge in [-0.15, -0.1) is 0 Å². The molecule has 2 aliphatic rings. The normalized spacial score (nSPS) is 18.3. The summed E-state index contributed by atoms with van der Waals surface area (Å²) in [6.45, 7) is 4.71. The number of carbonyl (C=O) groups is 1. The molecule has 2 heterocycles. The van der Waals surface area contributed by atoms with Crippen LogP contribution in [0, 0.1) is 17.6 Å². The second-order valence-corrected chi connectivity index (χ2v) is 11.2. The second kappa shape index (κ2) is 13.9. The number of ether oxygens (including phenoxy) is 1. The molecule has 0 aliphatic carbocycles. The third kappa shape index (κ3) is 8.02. The molecule has 0 radical (unpaired) electrons. The van der Waals surface area contributed by atoms with E-state index in [1.54, 1.807) is 36.2 Å². The van der Waals surface area contributed by atoms with Crippen LogP contribution < -0.4 is 10.1 Å². The van der Waals surface area contributed by atoms with E-state index in [0.717, 1.165) is 74.4 Å². The lowest BCUT2D eigenvalue weighted by Gasteiger charge is -2.34. The van der Waals surface area contributed by atoms with Gasteiger partial charge in [0.1, 0.15) is 23.5 Å². The minimum Gasteiger partial charge on any atom is -0.489 e. The number of halogens is 2. The van der Waals surface area contributed by atoms with Crippen LogP contribution in [0.15, 0.2) is 78.9 Å². The van der Waals surface area contributed by atoms with Crippen molar-refractivity contribution in [1.82, 2.24) is 15.1 Å². The number of likely N-dealkylation sites (tertiary alicyclic amines) is 1. The van der Waals surface area contributed by atoms with E-state index in [1.807, 2.05) is 12.1 Å². The van der Waals surface area contributed by atoms with Crippen LogP contribution in [0.5, 0.6) is 5.75 Å². The number of nitrogens with zero attached hydrogens (tertiary/aromatic N) is 2. The molecule has 7 heteroatoms. The average Bonchev–Trinajstić information content (AvgIpc) is 3.50. The first kappa shape index (κ1) is 29.0. The summed E-state index contributed by atoms with van der Waals surface area (Å²) in [5.41, 5.74) is 2.75. The number of amides is 1. The van der Waals surface area contributed by atoms with Crippen LogP contribution in [0.3, 0.4) is 0 Å². The van der Waals surface area contributed by atoms with Crippen LogP contribution >= 0.6 is 0 Å². The molecule has 216 valence electrons. The summed E-state index contributed by atoms with van der Waals surface area (Å²) in [6, 6.07) is 20.2. The molecule has 0 aromatic heterocycles. The summed E-state index contributed by atoms with van der Waals surface area (Å²) in [4.78, 5) is 17.5. The SMILES string of the molecule is CN(C(=O)CC1CCN(C/C=C/c2ccc(O[C@@H]3CCNC3)cc2)CC1)C(c1ccc(F)cc1)c1ccc(F)cc1. The minimum atomic E-state index is -0.408. The molecule has 2 aliphatic heterocycles. The molecule has 2 saturated heterocycles. The molecule has 0 spiro atoms. The number of hydrogen-bond acceptors (Lipinski definition) is 4. The van der Waals surface area contributed by atoms with E-state index >= 15 is 0 Å². The van der Waals surface area contributed by atoms with E-state index in [-0.39, 0.29) is 23.6 Å². The fourth-order valence-corrected chi connectivity index (χ4v) is 5.75. The highest BCUT2D eigenvalue weighted by molar-refractivity contribution is 5.77. The quantitative estimate of drug-likeness (QED) is 0.328. The molecule has 3 aromatic carbocycles. The van der Waals surface area contributed by atoms with E-state index in [1.165, 1.54) is 24.3 Å². The average molecular weight is 560 g/mol. The topological polar surface area (TPSA) is 44.8 Å². The largest absolute Gasteiger partial charge is 0.489 e. The maximum Gasteiger partial charge on any atom is 0.223 e. The van der Waals surface area contributed by atoms with E-state index in [4.69, 9.17) is 4.74 Å². The van der Waals surface area contributed by atoms with Crippen LogP contribution in [0.4, 0.5) is 8.78 Å². The molecule has 0 bridgehead atoms. The fourth-order valence-electron chi connectivity index (χ4n) is 5.75. The van der Waals surface area contributed by atoms with Gasteiger partial charge in [0.05, 0.1) is 6.04 Å². The van der Waals surface area contributed by atoms with Gasteiger partial charge in [0.25, 0.3) is 0 Å². The fraction of sp³-hybridized carbons (Fsp3) is 0.382. The Morgan fingerprint density at radius 1 is 0.951 bits per heavy atom. The Morgan fingerprint density at radius 2 is 1.56 bits per heavy atom. The lowest BCUT2D eigenvalue weighted by molar-refractivity contribution is -0.132. The van der Waals surface area contributed by atoms with Gasteiger partial charge in [0.15, 0.2) is 0 Å². The Bertz CT molecular complexity index is 1240. The van der Waals surface area contributed by atoms with Crippen molar-refractivity contribution >= 4 is 12.0 Å². The van der Waals surface area contributed by atoms with Crippen LogP contribution in [0.2, 0.25) is 0 Å². The number of piperidine rings is 1. The molecule has 0 unspecified atom stereocenters. The Kier molecular flexibility index (Phi) is 9.80. The maximum absolute atomic E-state index is 13.6. The molecule has 5 nitrogen and oxygen atoms in total. The molecule has 5 rings (SSSR count). The summed E-state index contributed by atoms with van der Waals surface area (Å²) in [7, 11) is 1.78. The van der Waals surface area contributed by atoms with Crippen molar-refractivity contribution in [2.75, 3.05) is 39.8 Å². The predicted octanol–water partition coefficient (Wildman–Crippen LogP) is 6.07. The predicted molar refractivity (Wildman–Crippen MR) is 159 cm³/mol. The van der Waals surface area contributed by atoms with Crippen LogP contribution in [-0.4, -0.2) is 61.6 Å². The van der Waals surface area contributed by atoms with Crippen molar-refractivity contribution in [3.05, 3.63) is 107 Å². The Hall–Kier alpha value is -3.55. The van der Waals surface area contributed by atoms with Crippen molar-refractivity contribution in [1.29, 1.82) is 0 Å². The van der Waals surface area contributed by atoms with Crippen molar-refractivity contribution in [2.24, 2.45) is 5.92 Å². The van der Waals surface area contributed by atoms with Gasteiger partial charge in [0, 0.05) is 26.6 Å². The maximum atomic E-state index is 13.6. The zero-order chi connectivity index (χ0) is 28.6. The first-order valence-corrected chi connectivity index (χ1v) is 14.6. The zero-order valence-electron chi connectivity index (χ0n) is 23.6. The second-order valence-electron chi connectivity index (χ2n) is 11.2. The third-order valence-electron chi connectivity index (χ3n) is 8.19. The first-order chi connectivity index (χ1) is 19.9. The van der Waals surface area contributed by atoms with Gasteiger partial charge in [-0.2, -0.15) is 0 Å². The number of benzene rings is 3. The summed E-state index contributed by atoms with van der Waals surface area (Å²) in [6.07, 6.45) is 8.06. The van der Waals surface area contributed by atoms with Gasteiger partial charge in [-0.1, -0.05) is 48.6 Å². The molecule has 2 fully saturated rings. The standard InChI is InChI=1S/C34H39F2N3O2/c1-38(34(27-6-10-29(35)11-7-27)28-8-12-30(36)13-9-28)33(40)23-26-17-21-39(22-18-26)20-2-3-25-4-14-31(15-5-25)41-32-16-19-37-24-32/h2-15,26,32,34,37H,16-24H2,1H3/b3-2+/t32-/m1/s1. The van der Waals surface area contributed by atoms with E-state index in [0.29, 0.717) is 12.3 Å². The van der Waals surface area contributed by atoms with Gasteiger partial charge in [-0.25, -0.2) is 8.78 Å². The van der Waals surface area contributed by atoms with Crippen molar-refractivity contribution < 1.29 is 18.3 Å². The zero-order valence-corrected chi connectivity index (χ0v) is 23.6. The molecule has 1 atom stereocenters. The molecule has 0 saturated carbocycles. The lowest BCUT2D eigenvalue weighted by atomic mass is 9.91. The Balaban J connectivity index is 1.10. The molecule has 3 aromatic rings. The monoisotopic (exact) mass is 559 g/mol. The van der Waals surface area contributed by atoms with Gasteiger partial charge < -0.3 is 15.0 Å². The Morgan fingerprint density at radius 3 is 2.12 bits per heavy atom. The molecular weight excluding hydrogens is 520 g/mol. The highest BCUT2D eigenvalue weighted by atomic mass is 19.1. The molecule has 41 heavy (non-hydrogen) atoms. The first-order valence-electron chi connectivity index (χ1n) is 14.6. The van der Waals surface area contributed by atoms with Crippen LogP contribution in [0.25, 0.3) is 6.08 Å². The number of carbonyl (C=O) groups excluding carboxylic acids is 1. The van der Waals surface area contributed by atoms with Crippen molar-refractivity contribution in [2.45, 2.75) is 37.8 Å². The van der Waals surface area contributed by atoms with Crippen LogP contribution in [-0.2, 0) is 4.79 Å². The smallest absolute Gasteiger partial charge is 0.223 e. The summed E-state index contributed by atoms with van der Waals surface area (Å²) in [5.74, 6) is 0.609. The number of hydrogen-bond donors (Lipinski definition) is 1. The molecule has 1 amide bonds. The van der Waals surface area contributed by atoms with Gasteiger partial charge in [-0.3, -0.25) is 9.69 Å². The summed E-state index contributed by atoms with van der Waals surface area (Å²) in [5, 5.41) is 3.32. The number of nitrogens with one attached hydrogen (secondary N) is 1. The van der Waals surface area contributed by atoms with Gasteiger partial charge in [-0.05, 0) is 97.9 Å². The Labute approximate surface area is 241 Å². The van der Waals surface area contributed by atoms with Gasteiger partial charge in [0.2, 0.25) is 5.91 Å². The van der Waals surface area contributed by atoms with Gasteiger partial charge >= 0.3 is 0 Å². The van der Waals surface area contributed by atoms with E-state index in [2.05, 4.69) is 34.5 Å². The van der Waals surface area contributed by atoms with E-state index < -0.39 is 6.04 Å². The van der Waals surface area contributed by atoms with Crippen molar-refractivity contribution in [3.63, 3.8) is 0 Å². The minimum absolute atomic E-state index is 0.0404. The number of rotatable bonds is 10. The van der Waals surface area contributed by atoms with Crippen LogP contribution in [0.1, 0.15) is 48.4 Å². The third-order valence-corrected chi connectivity index (χ3v) is 8.19. The molecule has 1 N–H and O–H groups in total. The van der Waals surface area contributed by atoms with Crippen molar-refractivity contribution in [3.8, 4) is 5.75 Å². The highest BCUT2D eigenvalue weighted by Crippen LogP contribution is 2.30. The summed E-state index contributed by atoms with van der Waals surface area (Å²) < 4.78 is 33.2. The molecular formula is C34H39F2N3O2.